The highest BCUT2D eigenvalue weighted by Crippen LogP contribution is 2.25. The maximum absolute atomic E-state index is 12.3. The summed E-state index contributed by atoms with van der Waals surface area (Å²) in [4.78, 5) is 14.1. The van der Waals surface area contributed by atoms with Crippen molar-refractivity contribution in [3.05, 3.63) is 28.8 Å². The summed E-state index contributed by atoms with van der Waals surface area (Å²) in [5, 5.41) is 0.470. The van der Waals surface area contributed by atoms with Crippen molar-refractivity contribution in [3.8, 4) is 0 Å². The van der Waals surface area contributed by atoms with E-state index in [4.69, 9.17) is 17.3 Å². The lowest BCUT2D eigenvalue weighted by molar-refractivity contribution is 0.0629. The van der Waals surface area contributed by atoms with Crippen molar-refractivity contribution in [1.29, 1.82) is 0 Å². The molecule has 1 amide bonds. The summed E-state index contributed by atoms with van der Waals surface area (Å²) >= 11 is 5.85. The molecule has 0 aromatic heterocycles. The Hall–Kier alpha value is -1.22. The number of halogens is 1. The largest absolute Gasteiger partial charge is 0.398 e. The zero-order chi connectivity index (χ0) is 14.1. The highest BCUT2D eigenvalue weighted by atomic mass is 35.5. The molecule has 0 bridgehead atoms. The fraction of sp³-hybridized carbons (Fsp3) is 0.500. The summed E-state index contributed by atoms with van der Waals surface area (Å²) < 4.78 is 0. The molecule has 0 heterocycles. The van der Waals surface area contributed by atoms with E-state index >= 15 is 0 Å². The number of nitrogen functional groups attached to an aromatic ring is 1. The van der Waals surface area contributed by atoms with Gasteiger partial charge in [0.15, 0.2) is 0 Å². The van der Waals surface area contributed by atoms with Crippen molar-refractivity contribution in [2.24, 2.45) is 5.41 Å². The van der Waals surface area contributed by atoms with E-state index in [0.717, 1.165) is 0 Å². The van der Waals surface area contributed by atoms with Crippen molar-refractivity contribution >= 4 is 23.2 Å². The SMILES string of the molecule is CC(N(C)C(=O)c1ccc(Cl)c(N)c1)C(C)(C)C. The first kappa shape index (κ1) is 14.8. The van der Waals surface area contributed by atoms with Crippen molar-refractivity contribution in [3.63, 3.8) is 0 Å². The predicted octanol–water partition coefficient (Wildman–Crippen LogP) is 3.43. The van der Waals surface area contributed by atoms with Gasteiger partial charge in [-0.25, -0.2) is 0 Å². The van der Waals surface area contributed by atoms with Crippen LogP contribution < -0.4 is 5.73 Å². The predicted molar refractivity (Wildman–Crippen MR) is 76.9 cm³/mol. The Balaban J connectivity index is 2.97. The van der Waals surface area contributed by atoms with Gasteiger partial charge in [0.1, 0.15) is 0 Å². The van der Waals surface area contributed by atoms with Crippen LogP contribution in [0.3, 0.4) is 0 Å². The number of anilines is 1. The molecule has 0 radical (unpaired) electrons. The quantitative estimate of drug-likeness (QED) is 0.836. The Morgan fingerprint density at radius 1 is 1.39 bits per heavy atom. The molecule has 2 N–H and O–H groups in total. The van der Waals surface area contributed by atoms with Gasteiger partial charge in [0.2, 0.25) is 0 Å². The topological polar surface area (TPSA) is 46.3 Å². The minimum absolute atomic E-state index is 0.0301. The second kappa shape index (κ2) is 5.19. The molecule has 0 aliphatic heterocycles. The fourth-order valence-corrected chi connectivity index (χ4v) is 1.75. The number of hydrogen-bond donors (Lipinski definition) is 1. The van der Waals surface area contributed by atoms with E-state index in [0.29, 0.717) is 16.3 Å². The van der Waals surface area contributed by atoms with Gasteiger partial charge in [-0.15, -0.1) is 0 Å². The van der Waals surface area contributed by atoms with Gasteiger partial charge in [-0.2, -0.15) is 0 Å². The van der Waals surface area contributed by atoms with Gasteiger partial charge in [0.25, 0.3) is 5.91 Å². The number of hydrogen-bond acceptors (Lipinski definition) is 2. The van der Waals surface area contributed by atoms with Crippen molar-refractivity contribution in [2.75, 3.05) is 12.8 Å². The van der Waals surface area contributed by atoms with E-state index in [1.807, 2.05) is 14.0 Å². The maximum Gasteiger partial charge on any atom is 0.253 e. The summed E-state index contributed by atoms with van der Waals surface area (Å²) in [7, 11) is 1.81. The average Bonchev–Trinajstić information content (AvgIpc) is 2.28. The molecule has 3 nitrogen and oxygen atoms in total. The number of rotatable bonds is 2. The first-order valence-electron chi connectivity index (χ1n) is 5.96. The van der Waals surface area contributed by atoms with Gasteiger partial charge < -0.3 is 10.6 Å². The lowest BCUT2D eigenvalue weighted by atomic mass is 9.87. The minimum atomic E-state index is -0.0409. The second-order valence-corrected chi connectivity index (χ2v) is 6.10. The van der Waals surface area contributed by atoms with Gasteiger partial charge in [0, 0.05) is 18.7 Å². The van der Waals surface area contributed by atoms with E-state index in [2.05, 4.69) is 20.8 Å². The highest BCUT2D eigenvalue weighted by Gasteiger charge is 2.27. The first-order chi connectivity index (χ1) is 8.14. The summed E-state index contributed by atoms with van der Waals surface area (Å²) in [6.45, 7) is 8.37. The standard InChI is InChI=1S/C14H21ClN2O/c1-9(14(2,3)4)17(5)13(18)10-6-7-11(15)12(16)8-10/h6-9H,16H2,1-5H3. The molecule has 18 heavy (non-hydrogen) atoms. The van der Waals surface area contributed by atoms with Gasteiger partial charge in [-0.05, 0) is 30.5 Å². The molecule has 0 aliphatic rings. The Labute approximate surface area is 114 Å². The Bertz CT molecular complexity index is 452. The molecule has 100 valence electrons. The second-order valence-electron chi connectivity index (χ2n) is 5.69. The smallest absolute Gasteiger partial charge is 0.253 e. The van der Waals surface area contributed by atoms with Gasteiger partial charge in [-0.3, -0.25) is 4.79 Å². The van der Waals surface area contributed by atoms with Crippen LogP contribution in [0.15, 0.2) is 18.2 Å². The van der Waals surface area contributed by atoms with Crippen molar-refractivity contribution in [1.82, 2.24) is 4.90 Å². The fourth-order valence-electron chi connectivity index (χ4n) is 1.64. The van der Waals surface area contributed by atoms with Crippen LogP contribution in [0.25, 0.3) is 0 Å². The molecular weight excluding hydrogens is 248 g/mol. The molecule has 1 aromatic rings. The lowest BCUT2D eigenvalue weighted by Gasteiger charge is -2.35. The van der Waals surface area contributed by atoms with Crippen molar-refractivity contribution in [2.45, 2.75) is 33.7 Å². The monoisotopic (exact) mass is 268 g/mol. The molecule has 1 rings (SSSR count). The van der Waals surface area contributed by atoms with E-state index in [1.165, 1.54) is 0 Å². The Morgan fingerprint density at radius 2 is 1.94 bits per heavy atom. The van der Waals surface area contributed by atoms with Crippen LogP contribution in [0.1, 0.15) is 38.1 Å². The van der Waals surface area contributed by atoms with E-state index < -0.39 is 0 Å². The summed E-state index contributed by atoms with van der Waals surface area (Å²) in [6.07, 6.45) is 0. The molecule has 0 fully saturated rings. The van der Waals surface area contributed by atoms with E-state index in [9.17, 15) is 4.79 Å². The zero-order valence-electron chi connectivity index (χ0n) is 11.6. The zero-order valence-corrected chi connectivity index (χ0v) is 12.4. The molecule has 1 unspecified atom stereocenters. The highest BCUT2D eigenvalue weighted by molar-refractivity contribution is 6.33. The number of carbonyl (C=O) groups excluding carboxylic acids is 1. The molecule has 4 heteroatoms. The number of carbonyl (C=O) groups is 1. The third-order valence-corrected chi connectivity index (χ3v) is 3.74. The summed E-state index contributed by atoms with van der Waals surface area (Å²) in [5.74, 6) is -0.0409. The molecule has 1 atom stereocenters. The molecule has 1 aromatic carbocycles. The molecular formula is C14H21ClN2O. The Morgan fingerprint density at radius 3 is 2.39 bits per heavy atom. The van der Waals surface area contributed by atoms with E-state index in [1.54, 1.807) is 23.1 Å². The number of amides is 1. The van der Waals surface area contributed by atoms with Gasteiger partial charge in [-0.1, -0.05) is 32.4 Å². The van der Waals surface area contributed by atoms with Crippen LogP contribution in [0.5, 0.6) is 0 Å². The molecule has 0 saturated carbocycles. The lowest BCUT2D eigenvalue weighted by Crippen LogP contribution is -2.42. The van der Waals surface area contributed by atoms with Crippen LogP contribution >= 0.6 is 11.6 Å². The molecule has 0 aliphatic carbocycles. The first-order valence-corrected chi connectivity index (χ1v) is 6.34. The average molecular weight is 269 g/mol. The van der Waals surface area contributed by atoms with Gasteiger partial charge in [0.05, 0.1) is 10.7 Å². The minimum Gasteiger partial charge on any atom is -0.398 e. The van der Waals surface area contributed by atoms with Crippen LogP contribution in [0.4, 0.5) is 5.69 Å². The molecule has 0 saturated heterocycles. The number of nitrogens with two attached hydrogens (primary N) is 1. The number of nitrogens with zero attached hydrogens (tertiary/aromatic N) is 1. The maximum atomic E-state index is 12.3. The third-order valence-electron chi connectivity index (χ3n) is 3.40. The van der Waals surface area contributed by atoms with Crippen LogP contribution in [0, 0.1) is 5.41 Å². The summed E-state index contributed by atoms with van der Waals surface area (Å²) in [5.41, 5.74) is 6.74. The van der Waals surface area contributed by atoms with Crippen LogP contribution in [-0.2, 0) is 0 Å². The number of benzene rings is 1. The van der Waals surface area contributed by atoms with E-state index in [-0.39, 0.29) is 17.4 Å². The van der Waals surface area contributed by atoms with Crippen LogP contribution in [0.2, 0.25) is 5.02 Å². The molecule has 0 spiro atoms. The van der Waals surface area contributed by atoms with Crippen LogP contribution in [-0.4, -0.2) is 23.9 Å². The van der Waals surface area contributed by atoms with Gasteiger partial charge >= 0.3 is 0 Å². The third kappa shape index (κ3) is 3.16. The van der Waals surface area contributed by atoms with Crippen molar-refractivity contribution < 1.29 is 4.79 Å². The normalized spacial score (nSPS) is 13.2. The summed E-state index contributed by atoms with van der Waals surface area (Å²) in [6, 6.07) is 5.10. The Kier molecular flexibility index (Phi) is 4.28.